The Morgan fingerprint density at radius 2 is 0.705 bits per heavy atom. The summed E-state index contributed by atoms with van der Waals surface area (Å²) in [4.78, 5) is 15.4. The molecule has 10 aromatic carbocycles. The van der Waals surface area contributed by atoms with Gasteiger partial charge in [0.15, 0.2) is 17.5 Å². The highest BCUT2D eigenvalue weighted by molar-refractivity contribution is 6.28. The van der Waals surface area contributed by atoms with E-state index in [0.717, 1.165) is 44.5 Å². The molecular weight excluding hydrogens is 741 g/mol. The van der Waals surface area contributed by atoms with Crippen LogP contribution in [0, 0.1) is 0 Å². The molecule has 0 bridgehead atoms. The number of nitrogens with zero attached hydrogens (tertiary/aromatic N) is 4. The van der Waals surface area contributed by atoms with Gasteiger partial charge in [-0.05, 0) is 91.0 Å². The molecule has 12 aromatic rings. The van der Waals surface area contributed by atoms with Crippen LogP contribution in [0.4, 0.5) is 0 Å². The lowest BCUT2D eigenvalue weighted by Crippen LogP contribution is -2.00. The molecule has 4 heteroatoms. The van der Waals surface area contributed by atoms with Gasteiger partial charge in [0.25, 0.3) is 0 Å². The van der Waals surface area contributed by atoms with Gasteiger partial charge in [0.05, 0.1) is 11.0 Å². The van der Waals surface area contributed by atoms with Crippen LogP contribution in [0.3, 0.4) is 0 Å². The van der Waals surface area contributed by atoms with E-state index in [1.807, 2.05) is 6.07 Å². The summed E-state index contributed by atoms with van der Waals surface area (Å²) in [7, 11) is 0. The van der Waals surface area contributed by atoms with Gasteiger partial charge in [-0.2, -0.15) is 0 Å². The fourth-order valence-electron chi connectivity index (χ4n) is 9.02. The highest BCUT2D eigenvalue weighted by atomic mass is 15.0. The van der Waals surface area contributed by atoms with Gasteiger partial charge in [0, 0.05) is 33.2 Å². The van der Waals surface area contributed by atoms with Crippen molar-refractivity contribution in [3.8, 4) is 62.1 Å². The average Bonchev–Trinajstić information content (AvgIpc) is 3.70. The van der Waals surface area contributed by atoms with E-state index < -0.39 is 0 Å². The van der Waals surface area contributed by atoms with Crippen molar-refractivity contribution in [1.29, 1.82) is 0 Å². The highest BCUT2D eigenvalue weighted by Crippen LogP contribution is 2.41. The molecule has 0 aliphatic carbocycles. The minimum atomic E-state index is 0.624. The van der Waals surface area contributed by atoms with Crippen molar-refractivity contribution < 1.29 is 0 Å². The van der Waals surface area contributed by atoms with Gasteiger partial charge in [0.2, 0.25) is 0 Å². The molecule has 0 saturated carbocycles. The topological polar surface area (TPSA) is 43.6 Å². The van der Waals surface area contributed by atoms with E-state index in [-0.39, 0.29) is 0 Å². The lowest BCUT2D eigenvalue weighted by molar-refractivity contribution is 1.07. The molecule has 61 heavy (non-hydrogen) atoms. The van der Waals surface area contributed by atoms with Crippen LogP contribution in [-0.2, 0) is 0 Å². The van der Waals surface area contributed by atoms with Gasteiger partial charge in [-0.1, -0.05) is 182 Å². The predicted octanol–water partition coefficient (Wildman–Crippen LogP) is 14.8. The largest absolute Gasteiger partial charge is 0.309 e. The van der Waals surface area contributed by atoms with E-state index in [4.69, 9.17) is 15.0 Å². The molecule has 2 aromatic heterocycles. The Bertz CT molecular complexity index is 3550. The molecule has 12 rings (SSSR count). The molecule has 0 aliphatic rings. The van der Waals surface area contributed by atoms with E-state index in [0.29, 0.717) is 17.5 Å². The summed E-state index contributed by atoms with van der Waals surface area (Å²) >= 11 is 0. The Kier molecular flexibility index (Phi) is 8.13. The van der Waals surface area contributed by atoms with E-state index in [1.165, 1.54) is 54.3 Å². The Hall–Kier alpha value is -8.21. The molecule has 284 valence electrons. The highest BCUT2D eigenvalue weighted by Gasteiger charge is 2.18. The third-order valence-electron chi connectivity index (χ3n) is 12.0. The minimum absolute atomic E-state index is 0.624. The first kappa shape index (κ1) is 34.8. The van der Waals surface area contributed by atoms with Gasteiger partial charge < -0.3 is 4.57 Å². The van der Waals surface area contributed by atoms with Crippen LogP contribution in [0.5, 0.6) is 0 Å². The molecule has 4 nitrogen and oxygen atoms in total. The third-order valence-corrected chi connectivity index (χ3v) is 12.0. The monoisotopic (exact) mass is 776 g/mol. The molecule has 0 radical (unpaired) electrons. The first-order valence-electron chi connectivity index (χ1n) is 20.7. The van der Waals surface area contributed by atoms with E-state index >= 15 is 0 Å². The lowest BCUT2D eigenvalue weighted by Gasteiger charge is -2.12. The van der Waals surface area contributed by atoms with Gasteiger partial charge in [-0.25, -0.2) is 15.0 Å². The molecule has 0 fully saturated rings. The first-order valence-corrected chi connectivity index (χ1v) is 20.7. The Labute approximate surface area is 352 Å². The number of fused-ring (bicyclic) bond motifs is 8. The molecule has 0 aliphatic heterocycles. The Morgan fingerprint density at radius 1 is 0.262 bits per heavy atom. The third kappa shape index (κ3) is 6.04. The SMILES string of the molecule is c1ccc(-c2ccc(-c3nc(-c4cccc(-c5cccc(-n6c7ccc8ccccc8c7c7c8ccccc8ccc76)c5)c4)nc(-c4ccc5ccccc5c4)n3)cc2)cc1. The fourth-order valence-corrected chi connectivity index (χ4v) is 9.02. The molecule has 0 atom stereocenters. The van der Waals surface area contributed by atoms with Crippen LogP contribution in [0.25, 0.3) is 116 Å². The lowest BCUT2D eigenvalue weighted by atomic mass is 10.00. The zero-order valence-electron chi connectivity index (χ0n) is 33.1. The Balaban J connectivity index is 0.992. The van der Waals surface area contributed by atoms with Crippen LogP contribution in [-0.4, -0.2) is 19.5 Å². The second-order valence-electron chi connectivity index (χ2n) is 15.6. The maximum Gasteiger partial charge on any atom is 0.164 e. The zero-order valence-corrected chi connectivity index (χ0v) is 33.1. The maximum absolute atomic E-state index is 5.16. The van der Waals surface area contributed by atoms with Gasteiger partial charge >= 0.3 is 0 Å². The Morgan fingerprint density at radius 3 is 1.38 bits per heavy atom. The van der Waals surface area contributed by atoms with Crippen molar-refractivity contribution >= 4 is 54.1 Å². The first-order chi connectivity index (χ1) is 30.2. The van der Waals surface area contributed by atoms with Crippen LogP contribution in [0.1, 0.15) is 0 Å². The van der Waals surface area contributed by atoms with Gasteiger partial charge in [0.1, 0.15) is 0 Å². The smallest absolute Gasteiger partial charge is 0.164 e. The number of rotatable bonds is 6. The summed E-state index contributed by atoms with van der Waals surface area (Å²) in [6.45, 7) is 0. The van der Waals surface area contributed by atoms with Crippen molar-refractivity contribution in [3.05, 3.63) is 218 Å². The summed E-state index contributed by atoms with van der Waals surface area (Å²) < 4.78 is 2.42. The van der Waals surface area contributed by atoms with E-state index in [2.05, 4.69) is 217 Å². The van der Waals surface area contributed by atoms with Gasteiger partial charge in [-0.3, -0.25) is 0 Å². The van der Waals surface area contributed by atoms with Crippen LogP contribution in [0.2, 0.25) is 0 Å². The summed E-state index contributed by atoms with van der Waals surface area (Å²) in [5.74, 6) is 1.89. The van der Waals surface area contributed by atoms with E-state index in [9.17, 15) is 0 Å². The molecule has 0 amide bonds. The summed E-state index contributed by atoms with van der Waals surface area (Å²) in [6, 6.07) is 77.6. The van der Waals surface area contributed by atoms with E-state index in [1.54, 1.807) is 0 Å². The minimum Gasteiger partial charge on any atom is -0.309 e. The van der Waals surface area contributed by atoms with Crippen LogP contribution < -0.4 is 0 Å². The summed E-state index contributed by atoms with van der Waals surface area (Å²) in [6.07, 6.45) is 0. The molecule has 0 N–H and O–H groups in total. The standard InChI is InChI=1S/C57H36N4/c1-2-12-37(13-3-1)39-24-27-42(28-25-39)55-58-56(60-57(59-55)47-29-26-38-14-4-5-17-43(38)34-47)46-20-10-18-44(35-46)45-19-11-21-48(36-45)61-51-32-30-40-15-6-8-22-49(40)53(51)54-50-23-9-7-16-41(50)31-33-52(54)61/h1-36H. The van der Waals surface area contributed by atoms with Crippen molar-refractivity contribution in [1.82, 2.24) is 19.5 Å². The average molecular weight is 777 g/mol. The molecular formula is C57H36N4. The second kappa shape index (κ2) is 14.3. The fraction of sp³-hybridized carbons (Fsp3) is 0. The normalized spacial score (nSPS) is 11.6. The van der Waals surface area contributed by atoms with Crippen molar-refractivity contribution in [3.63, 3.8) is 0 Å². The number of aromatic nitrogens is 4. The molecule has 0 unspecified atom stereocenters. The zero-order chi connectivity index (χ0) is 40.3. The number of benzene rings is 10. The molecule has 0 spiro atoms. The number of hydrogen-bond acceptors (Lipinski definition) is 3. The summed E-state index contributed by atoms with van der Waals surface area (Å²) in [5, 5.41) is 9.87. The summed E-state index contributed by atoms with van der Waals surface area (Å²) in [5.41, 5.74) is 10.8. The second-order valence-corrected chi connectivity index (χ2v) is 15.6. The van der Waals surface area contributed by atoms with Crippen molar-refractivity contribution in [2.75, 3.05) is 0 Å². The predicted molar refractivity (Wildman–Crippen MR) is 254 cm³/mol. The molecule has 2 heterocycles. The quantitative estimate of drug-likeness (QED) is 0.169. The van der Waals surface area contributed by atoms with Crippen molar-refractivity contribution in [2.24, 2.45) is 0 Å². The van der Waals surface area contributed by atoms with Crippen LogP contribution in [0.15, 0.2) is 218 Å². The van der Waals surface area contributed by atoms with Crippen molar-refractivity contribution in [2.45, 2.75) is 0 Å². The van der Waals surface area contributed by atoms with Gasteiger partial charge in [-0.15, -0.1) is 0 Å². The number of hydrogen-bond donors (Lipinski definition) is 0. The molecule has 0 saturated heterocycles. The van der Waals surface area contributed by atoms with Crippen LogP contribution >= 0.6 is 0 Å². The maximum atomic E-state index is 5.16.